The number of thiazole rings is 1. The van der Waals surface area contributed by atoms with Gasteiger partial charge >= 0.3 is 0 Å². The zero-order valence-corrected chi connectivity index (χ0v) is 17.5. The van der Waals surface area contributed by atoms with E-state index in [9.17, 15) is 4.79 Å². The molecular formula is C22H22N2O4S. The normalized spacial score (nSPS) is 10.8. The molecule has 0 aliphatic rings. The van der Waals surface area contributed by atoms with Gasteiger partial charge in [0, 0.05) is 22.7 Å². The maximum absolute atomic E-state index is 12.3. The Hall–Kier alpha value is -3.32. The van der Waals surface area contributed by atoms with Crippen molar-refractivity contribution in [1.29, 1.82) is 0 Å². The minimum atomic E-state index is -0.240. The lowest BCUT2D eigenvalue weighted by atomic mass is 10.1. The number of aromatic nitrogens is 1. The number of nitrogens with one attached hydrogen (secondary N) is 1. The third-order valence-corrected chi connectivity index (χ3v) is 4.95. The van der Waals surface area contributed by atoms with Crippen LogP contribution >= 0.6 is 11.3 Å². The molecule has 1 aromatic heterocycles. The molecule has 0 atom stereocenters. The minimum absolute atomic E-state index is 0.240. The van der Waals surface area contributed by atoms with Crippen LogP contribution in [-0.4, -0.2) is 32.2 Å². The average molecular weight is 410 g/mol. The van der Waals surface area contributed by atoms with Crippen LogP contribution in [0.3, 0.4) is 0 Å². The number of ether oxygens (including phenoxy) is 3. The SMILES string of the molecule is COc1cc(/C=C/C(=O)Nc2ccc(-c3csc(C)n3)cc2)cc(OC)c1OC. The van der Waals surface area contributed by atoms with Gasteiger partial charge in [-0.15, -0.1) is 11.3 Å². The lowest BCUT2D eigenvalue weighted by molar-refractivity contribution is -0.111. The summed E-state index contributed by atoms with van der Waals surface area (Å²) in [4.78, 5) is 16.7. The van der Waals surface area contributed by atoms with Crippen molar-refractivity contribution in [1.82, 2.24) is 4.98 Å². The number of nitrogens with zero attached hydrogens (tertiary/aromatic N) is 1. The molecule has 0 bridgehead atoms. The lowest BCUT2D eigenvalue weighted by Crippen LogP contribution is -2.07. The summed E-state index contributed by atoms with van der Waals surface area (Å²) >= 11 is 1.61. The molecule has 1 heterocycles. The van der Waals surface area contributed by atoms with Gasteiger partial charge in [-0.3, -0.25) is 4.79 Å². The third-order valence-electron chi connectivity index (χ3n) is 4.18. The molecular weight excluding hydrogens is 388 g/mol. The fraction of sp³-hybridized carbons (Fsp3) is 0.182. The number of carbonyl (C=O) groups excluding carboxylic acids is 1. The molecule has 0 saturated carbocycles. The zero-order chi connectivity index (χ0) is 20.8. The molecule has 0 unspecified atom stereocenters. The first-order valence-electron chi connectivity index (χ1n) is 8.85. The molecule has 6 nitrogen and oxygen atoms in total. The predicted molar refractivity (Wildman–Crippen MR) is 116 cm³/mol. The maximum Gasteiger partial charge on any atom is 0.248 e. The topological polar surface area (TPSA) is 69.7 Å². The highest BCUT2D eigenvalue weighted by Gasteiger charge is 2.12. The Morgan fingerprint density at radius 2 is 1.69 bits per heavy atom. The Morgan fingerprint density at radius 1 is 1.03 bits per heavy atom. The molecule has 3 rings (SSSR count). The van der Waals surface area contributed by atoms with Crippen molar-refractivity contribution in [3.8, 4) is 28.5 Å². The Labute approximate surface area is 173 Å². The average Bonchev–Trinajstić information content (AvgIpc) is 3.18. The zero-order valence-electron chi connectivity index (χ0n) is 16.7. The summed E-state index contributed by atoms with van der Waals surface area (Å²) < 4.78 is 16.0. The van der Waals surface area contributed by atoms with E-state index in [1.165, 1.54) is 6.08 Å². The van der Waals surface area contributed by atoms with Crippen molar-refractivity contribution < 1.29 is 19.0 Å². The maximum atomic E-state index is 12.3. The highest BCUT2D eigenvalue weighted by atomic mass is 32.1. The molecule has 1 N–H and O–H groups in total. The number of methoxy groups -OCH3 is 3. The number of anilines is 1. The van der Waals surface area contributed by atoms with Crippen LogP contribution in [0.15, 0.2) is 47.9 Å². The summed E-state index contributed by atoms with van der Waals surface area (Å²) in [5.41, 5.74) is 3.41. The van der Waals surface area contributed by atoms with E-state index in [0.29, 0.717) is 22.9 Å². The van der Waals surface area contributed by atoms with Crippen molar-refractivity contribution in [3.05, 3.63) is 58.4 Å². The van der Waals surface area contributed by atoms with E-state index in [4.69, 9.17) is 14.2 Å². The van der Waals surface area contributed by atoms with Crippen LogP contribution in [-0.2, 0) is 4.79 Å². The van der Waals surface area contributed by atoms with Crippen LogP contribution in [0.5, 0.6) is 17.2 Å². The summed E-state index contributed by atoms with van der Waals surface area (Å²) in [6.45, 7) is 1.98. The van der Waals surface area contributed by atoms with E-state index in [-0.39, 0.29) is 5.91 Å². The number of carbonyl (C=O) groups is 1. The molecule has 0 saturated heterocycles. The van der Waals surface area contributed by atoms with Crippen LogP contribution < -0.4 is 19.5 Å². The molecule has 0 aliphatic heterocycles. The van der Waals surface area contributed by atoms with E-state index in [0.717, 1.165) is 21.8 Å². The van der Waals surface area contributed by atoms with Gasteiger partial charge in [-0.25, -0.2) is 4.98 Å². The Balaban J connectivity index is 1.69. The molecule has 3 aromatic rings. The van der Waals surface area contributed by atoms with Crippen LogP contribution in [0.4, 0.5) is 5.69 Å². The van der Waals surface area contributed by atoms with Gasteiger partial charge in [-0.05, 0) is 42.8 Å². The minimum Gasteiger partial charge on any atom is -0.493 e. The Morgan fingerprint density at radius 3 is 2.21 bits per heavy atom. The van der Waals surface area contributed by atoms with Gasteiger partial charge in [-0.1, -0.05) is 12.1 Å². The van der Waals surface area contributed by atoms with E-state index in [1.807, 2.05) is 36.6 Å². The van der Waals surface area contributed by atoms with Crippen molar-refractivity contribution >= 4 is 29.0 Å². The van der Waals surface area contributed by atoms with Crippen molar-refractivity contribution in [2.75, 3.05) is 26.6 Å². The summed E-state index contributed by atoms with van der Waals surface area (Å²) in [5, 5.41) is 5.88. The standard InChI is InChI=1S/C22H22N2O4S/c1-14-23-18(13-29-14)16-6-8-17(9-7-16)24-21(25)10-5-15-11-19(26-2)22(28-4)20(12-15)27-3/h5-13H,1-4H3,(H,24,25)/b10-5+. The quantitative estimate of drug-likeness (QED) is 0.567. The third kappa shape index (κ3) is 4.94. The fourth-order valence-corrected chi connectivity index (χ4v) is 3.40. The highest BCUT2D eigenvalue weighted by molar-refractivity contribution is 7.09. The van der Waals surface area contributed by atoms with Gasteiger partial charge in [0.1, 0.15) is 0 Å². The molecule has 150 valence electrons. The van der Waals surface area contributed by atoms with Gasteiger partial charge in [-0.2, -0.15) is 0 Å². The summed E-state index contributed by atoms with van der Waals surface area (Å²) in [6.07, 6.45) is 3.14. The number of hydrogen-bond acceptors (Lipinski definition) is 6. The first-order valence-corrected chi connectivity index (χ1v) is 9.73. The fourth-order valence-electron chi connectivity index (χ4n) is 2.77. The molecule has 2 aromatic carbocycles. The van der Waals surface area contributed by atoms with Crippen LogP contribution in [0, 0.1) is 6.92 Å². The second-order valence-electron chi connectivity index (χ2n) is 6.11. The number of benzene rings is 2. The summed E-state index contributed by atoms with van der Waals surface area (Å²) in [7, 11) is 4.65. The second-order valence-corrected chi connectivity index (χ2v) is 7.17. The summed E-state index contributed by atoms with van der Waals surface area (Å²) in [5.74, 6) is 1.32. The van der Waals surface area contributed by atoms with Crippen molar-refractivity contribution in [3.63, 3.8) is 0 Å². The van der Waals surface area contributed by atoms with Crippen molar-refractivity contribution in [2.45, 2.75) is 6.92 Å². The van der Waals surface area contributed by atoms with Crippen LogP contribution in [0.1, 0.15) is 10.6 Å². The van der Waals surface area contributed by atoms with Crippen LogP contribution in [0.2, 0.25) is 0 Å². The van der Waals surface area contributed by atoms with Gasteiger partial charge in [0.15, 0.2) is 11.5 Å². The molecule has 0 aliphatic carbocycles. The monoisotopic (exact) mass is 410 g/mol. The van der Waals surface area contributed by atoms with Gasteiger partial charge in [0.05, 0.1) is 32.0 Å². The molecule has 1 amide bonds. The number of aryl methyl sites for hydroxylation is 1. The highest BCUT2D eigenvalue weighted by Crippen LogP contribution is 2.38. The molecule has 0 fully saturated rings. The van der Waals surface area contributed by atoms with E-state index in [1.54, 1.807) is 50.9 Å². The Kier molecular flexibility index (Phi) is 6.51. The second kappa shape index (κ2) is 9.25. The number of amides is 1. The number of hydrogen-bond donors (Lipinski definition) is 1. The van der Waals surface area contributed by atoms with Crippen LogP contribution in [0.25, 0.3) is 17.3 Å². The van der Waals surface area contributed by atoms with Gasteiger partial charge in [0.25, 0.3) is 0 Å². The lowest BCUT2D eigenvalue weighted by Gasteiger charge is -2.12. The Bertz CT molecular complexity index is 1000. The van der Waals surface area contributed by atoms with Gasteiger partial charge < -0.3 is 19.5 Å². The molecule has 29 heavy (non-hydrogen) atoms. The molecule has 7 heteroatoms. The van der Waals surface area contributed by atoms with Gasteiger partial charge in [0.2, 0.25) is 11.7 Å². The van der Waals surface area contributed by atoms with E-state index < -0.39 is 0 Å². The largest absolute Gasteiger partial charge is 0.493 e. The smallest absolute Gasteiger partial charge is 0.248 e. The molecule has 0 spiro atoms. The van der Waals surface area contributed by atoms with E-state index in [2.05, 4.69) is 10.3 Å². The molecule has 0 radical (unpaired) electrons. The predicted octanol–water partition coefficient (Wildman–Crippen LogP) is 4.80. The first kappa shape index (κ1) is 20.4. The first-order chi connectivity index (χ1) is 14.0. The van der Waals surface area contributed by atoms with E-state index >= 15 is 0 Å². The van der Waals surface area contributed by atoms with Crippen molar-refractivity contribution in [2.24, 2.45) is 0 Å². The summed E-state index contributed by atoms with van der Waals surface area (Å²) in [6, 6.07) is 11.1. The number of rotatable bonds is 7.